The zero-order valence-corrected chi connectivity index (χ0v) is 7.02. The predicted molar refractivity (Wildman–Crippen MR) is 42.8 cm³/mol. The molecule has 0 fully saturated rings. The molecule has 1 heteroatoms. The van der Waals surface area contributed by atoms with Crippen LogP contribution in [0.4, 0.5) is 0 Å². The molecule has 0 heterocycles. The largest absolute Gasteiger partial charge is 0.384 e. The maximum atomic E-state index is 9.49. The van der Waals surface area contributed by atoms with Crippen molar-refractivity contribution in [2.75, 3.05) is 0 Å². The number of hydrogen-bond acceptors (Lipinski definition) is 1. The van der Waals surface area contributed by atoms with Crippen molar-refractivity contribution in [1.29, 1.82) is 0 Å². The number of aliphatic hydroxyl groups is 1. The van der Waals surface area contributed by atoms with Crippen molar-refractivity contribution in [2.24, 2.45) is 0 Å². The molecule has 1 nitrogen and oxygen atoms in total. The molecule has 1 aliphatic carbocycles. The van der Waals surface area contributed by atoms with Gasteiger partial charge in [-0.2, -0.15) is 0 Å². The second kappa shape index (κ2) is 2.24. The van der Waals surface area contributed by atoms with E-state index in [2.05, 4.69) is 13.8 Å². The Balaban J connectivity index is 3.09. The van der Waals surface area contributed by atoms with Gasteiger partial charge in [-0.15, -0.1) is 0 Å². The molecule has 0 aromatic heterocycles. The van der Waals surface area contributed by atoms with E-state index in [0.29, 0.717) is 0 Å². The lowest BCUT2D eigenvalue weighted by molar-refractivity contribution is 0.249. The number of rotatable bonds is 0. The van der Waals surface area contributed by atoms with Gasteiger partial charge in [0.05, 0.1) is 6.10 Å². The first kappa shape index (κ1) is 7.55. The van der Waals surface area contributed by atoms with Gasteiger partial charge in [0.1, 0.15) is 0 Å². The Morgan fingerprint density at radius 1 is 0.900 bits per heavy atom. The zero-order valence-electron chi connectivity index (χ0n) is 7.02. The van der Waals surface area contributed by atoms with E-state index in [1.165, 1.54) is 11.1 Å². The Labute approximate surface area is 62.1 Å². The van der Waals surface area contributed by atoms with E-state index in [1.807, 2.05) is 13.8 Å². The van der Waals surface area contributed by atoms with Crippen molar-refractivity contribution < 1.29 is 5.11 Å². The van der Waals surface area contributed by atoms with Gasteiger partial charge in [-0.25, -0.2) is 0 Å². The minimum Gasteiger partial charge on any atom is -0.384 e. The van der Waals surface area contributed by atoms with Crippen LogP contribution < -0.4 is 0 Å². The Morgan fingerprint density at radius 3 is 1.30 bits per heavy atom. The summed E-state index contributed by atoms with van der Waals surface area (Å²) in [5.41, 5.74) is 4.72. The average Bonchev–Trinajstić information content (AvgIpc) is 2.07. The summed E-state index contributed by atoms with van der Waals surface area (Å²) in [6.45, 7) is 8.09. The molecule has 0 aliphatic heterocycles. The minimum atomic E-state index is -0.306. The smallest absolute Gasteiger partial charge is 0.0966 e. The first-order valence-electron chi connectivity index (χ1n) is 3.59. The third-order valence-electron chi connectivity index (χ3n) is 2.57. The molecule has 0 aromatic carbocycles. The van der Waals surface area contributed by atoms with Crippen LogP contribution >= 0.6 is 0 Å². The fraction of sp³-hybridized carbons (Fsp3) is 0.556. The number of allylic oxidation sites excluding steroid dienone is 2. The summed E-state index contributed by atoms with van der Waals surface area (Å²) < 4.78 is 0. The van der Waals surface area contributed by atoms with Crippen LogP contribution in [0.1, 0.15) is 27.7 Å². The fourth-order valence-electron chi connectivity index (χ4n) is 1.33. The maximum Gasteiger partial charge on any atom is 0.0966 e. The van der Waals surface area contributed by atoms with Gasteiger partial charge in [-0.1, -0.05) is 0 Å². The van der Waals surface area contributed by atoms with Crippen LogP contribution in [0.3, 0.4) is 0 Å². The van der Waals surface area contributed by atoms with Crippen molar-refractivity contribution >= 4 is 0 Å². The summed E-state index contributed by atoms with van der Waals surface area (Å²) in [7, 11) is 0. The molecular weight excluding hydrogens is 124 g/mol. The second-order valence-corrected chi connectivity index (χ2v) is 3.02. The Hall–Kier alpha value is -0.560. The van der Waals surface area contributed by atoms with Crippen LogP contribution in [0.5, 0.6) is 0 Å². The fourth-order valence-corrected chi connectivity index (χ4v) is 1.33. The van der Waals surface area contributed by atoms with E-state index < -0.39 is 0 Å². The van der Waals surface area contributed by atoms with E-state index in [9.17, 15) is 5.11 Å². The summed E-state index contributed by atoms with van der Waals surface area (Å²) in [5.74, 6) is 0. The summed E-state index contributed by atoms with van der Waals surface area (Å²) in [6, 6.07) is 0. The average molecular weight is 138 g/mol. The van der Waals surface area contributed by atoms with Crippen molar-refractivity contribution in [1.82, 2.24) is 0 Å². The van der Waals surface area contributed by atoms with Crippen LogP contribution in [-0.4, -0.2) is 11.2 Å². The molecule has 0 unspecified atom stereocenters. The molecular formula is C9H14O. The minimum absolute atomic E-state index is 0.306. The van der Waals surface area contributed by atoms with Crippen molar-refractivity contribution in [2.45, 2.75) is 33.8 Å². The Bertz CT molecular complexity index is 197. The van der Waals surface area contributed by atoms with Gasteiger partial charge >= 0.3 is 0 Å². The quantitative estimate of drug-likeness (QED) is 0.543. The SMILES string of the molecule is CC1=C(C)C(O)C(C)=C1C. The van der Waals surface area contributed by atoms with Gasteiger partial charge in [-0.3, -0.25) is 0 Å². The molecule has 0 aromatic rings. The highest BCUT2D eigenvalue weighted by molar-refractivity contribution is 5.47. The molecule has 10 heavy (non-hydrogen) atoms. The monoisotopic (exact) mass is 138 g/mol. The number of aliphatic hydroxyl groups excluding tert-OH is 1. The number of hydrogen-bond donors (Lipinski definition) is 1. The van der Waals surface area contributed by atoms with Crippen molar-refractivity contribution in [3.8, 4) is 0 Å². The lowest BCUT2D eigenvalue weighted by atomic mass is 10.1. The van der Waals surface area contributed by atoms with Gasteiger partial charge in [0, 0.05) is 0 Å². The maximum absolute atomic E-state index is 9.49. The summed E-state index contributed by atoms with van der Waals surface area (Å²) >= 11 is 0. The summed E-state index contributed by atoms with van der Waals surface area (Å²) in [6.07, 6.45) is -0.306. The first-order valence-corrected chi connectivity index (χ1v) is 3.59. The molecule has 1 N–H and O–H groups in total. The second-order valence-electron chi connectivity index (χ2n) is 3.02. The zero-order chi connectivity index (χ0) is 7.89. The van der Waals surface area contributed by atoms with Gasteiger partial charge < -0.3 is 5.11 Å². The summed E-state index contributed by atoms with van der Waals surface area (Å²) in [5, 5.41) is 9.49. The predicted octanol–water partition coefficient (Wildman–Crippen LogP) is 2.03. The van der Waals surface area contributed by atoms with Crippen LogP contribution in [0.25, 0.3) is 0 Å². The molecule has 0 atom stereocenters. The molecule has 0 spiro atoms. The molecule has 0 saturated carbocycles. The van der Waals surface area contributed by atoms with Gasteiger partial charge in [-0.05, 0) is 50.0 Å². The van der Waals surface area contributed by atoms with E-state index in [1.54, 1.807) is 0 Å². The van der Waals surface area contributed by atoms with E-state index in [0.717, 1.165) is 11.1 Å². The van der Waals surface area contributed by atoms with E-state index in [-0.39, 0.29) is 6.10 Å². The van der Waals surface area contributed by atoms with Crippen LogP contribution in [-0.2, 0) is 0 Å². The lowest BCUT2D eigenvalue weighted by Crippen LogP contribution is -2.05. The van der Waals surface area contributed by atoms with Crippen LogP contribution in [0.15, 0.2) is 22.3 Å². The molecule has 1 aliphatic rings. The van der Waals surface area contributed by atoms with E-state index in [4.69, 9.17) is 0 Å². The molecule has 56 valence electrons. The van der Waals surface area contributed by atoms with Crippen molar-refractivity contribution in [3.05, 3.63) is 22.3 Å². The Kier molecular flexibility index (Phi) is 1.69. The van der Waals surface area contributed by atoms with Gasteiger partial charge in [0.2, 0.25) is 0 Å². The summed E-state index contributed by atoms with van der Waals surface area (Å²) in [4.78, 5) is 0. The molecule has 0 amide bonds. The highest BCUT2D eigenvalue weighted by Crippen LogP contribution is 2.30. The third-order valence-corrected chi connectivity index (χ3v) is 2.57. The normalized spacial score (nSPS) is 21.3. The molecule has 0 bridgehead atoms. The molecule has 0 radical (unpaired) electrons. The Morgan fingerprint density at radius 2 is 1.20 bits per heavy atom. The van der Waals surface area contributed by atoms with Gasteiger partial charge in [0.25, 0.3) is 0 Å². The third kappa shape index (κ3) is 0.816. The topological polar surface area (TPSA) is 20.2 Å². The van der Waals surface area contributed by atoms with E-state index >= 15 is 0 Å². The first-order chi connectivity index (χ1) is 4.55. The standard InChI is InChI=1S/C9H14O/c1-5-6(2)8(4)9(10)7(5)3/h9-10H,1-4H3. The highest BCUT2D eigenvalue weighted by Gasteiger charge is 2.20. The lowest BCUT2D eigenvalue weighted by Gasteiger charge is -2.04. The highest BCUT2D eigenvalue weighted by atomic mass is 16.3. The van der Waals surface area contributed by atoms with Crippen LogP contribution in [0, 0.1) is 0 Å². The van der Waals surface area contributed by atoms with Crippen LogP contribution in [0.2, 0.25) is 0 Å². The molecule has 0 saturated heterocycles. The molecule has 1 rings (SSSR count). The van der Waals surface area contributed by atoms with Crippen molar-refractivity contribution in [3.63, 3.8) is 0 Å². The van der Waals surface area contributed by atoms with Gasteiger partial charge in [0.15, 0.2) is 0 Å².